The fraction of sp³-hybridized carbons (Fsp3) is 0.278. The molecule has 1 heterocycles. The molecule has 0 radical (unpaired) electrons. The van der Waals surface area contributed by atoms with Crippen LogP contribution >= 0.6 is 15.9 Å². The molecule has 1 atom stereocenters. The van der Waals surface area contributed by atoms with Crippen molar-refractivity contribution in [3.8, 4) is 0 Å². The van der Waals surface area contributed by atoms with Crippen molar-refractivity contribution in [2.45, 2.75) is 30.7 Å². The number of nitrogens with zero attached hydrogens (tertiary/aromatic N) is 2. The van der Waals surface area contributed by atoms with Crippen molar-refractivity contribution in [2.75, 3.05) is 11.9 Å². The van der Waals surface area contributed by atoms with E-state index in [2.05, 4.69) is 21.2 Å². The van der Waals surface area contributed by atoms with Crippen LogP contribution in [-0.4, -0.2) is 36.1 Å². The van der Waals surface area contributed by atoms with Crippen molar-refractivity contribution in [1.29, 1.82) is 0 Å². The zero-order valence-electron chi connectivity index (χ0n) is 15.0. The molecule has 0 spiro atoms. The lowest BCUT2D eigenvalue weighted by atomic mass is 10.1. The zero-order valence-corrected chi connectivity index (χ0v) is 17.4. The molecule has 2 aromatic carbocycles. The summed E-state index contributed by atoms with van der Waals surface area (Å²) in [6.45, 7) is 1.78. The van der Waals surface area contributed by atoms with Crippen LogP contribution in [-0.2, 0) is 14.8 Å². The number of halogens is 1. The molecule has 3 rings (SSSR count). The average molecular weight is 468 g/mol. The van der Waals surface area contributed by atoms with Gasteiger partial charge < -0.3 is 5.32 Å². The minimum atomic E-state index is -3.83. The second-order valence-electron chi connectivity index (χ2n) is 6.42. The lowest BCUT2D eigenvalue weighted by Gasteiger charge is -2.23. The number of nitro benzene ring substituents is 1. The summed E-state index contributed by atoms with van der Waals surface area (Å²) in [7, 11) is -3.83. The van der Waals surface area contributed by atoms with Crippen LogP contribution in [0.25, 0.3) is 0 Å². The first-order valence-corrected chi connectivity index (χ1v) is 10.8. The number of anilines is 1. The van der Waals surface area contributed by atoms with Gasteiger partial charge in [-0.3, -0.25) is 14.9 Å². The number of hydrogen-bond acceptors (Lipinski definition) is 5. The maximum Gasteiger partial charge on any atom is 0.274 e. The largest absolute Gasteiger partial charge is 0.324 e. The van der Waals surface area contributed by atoms with Gasteiger partial charge in [-0.15, -0.1) is 0 Å². The van der Waals surface area contributed by atoms with Gasteiger partial charge in [0.05, 0.1) is 21.1 Å². The monoisotopic (exact) mass is 467 g/mol. The highest BCUT2D eigenvalue weighted by atomic mass is 79.9. The Morgan fingerprint density at radius 1 is 1.25 bits per heavy atom. The summed E-state index contributed by atoms with van der Waals surface area (Å²) < 4.78 is 27.9. The van der Waals surface area contributed by atoms with Crippen LogP contribution in [0, 0.1) is 17.0 Å². The Morgan fingerprint density at radius 2 is 1.93 bits per heavy atom. The lowest BCUT2D eigenvalue weighted by molar-refractivity contribution is -0.385. The Labute approximate surface area is 170 Å². The van der Waals surface area contributed by atoms with E-state index in [1.54, 1.807) is 25.1 Å². The number of carbonyl (C=O) groups excluding carboxylic acids is 1. The Balaban J connectivity index is 1.85. The van der Waals surface area contributed by atoms with E-state index >= 15 is 0 Å². The second-order valence-corrected chi connectivity index (χ2v) is 9.23. The fourth-order valence-corrected chi connectivity index (χ4v) is 5.13. The third-order valence-electron chi connectivity index (χ3n) is 4.69. The van der Waals surface area contributed by atoms with Gasteiger partial charge in [0.1, 0.15) is 6.04 Å². The highest BCUT2D eigenvalue weighted by molar-refractivity contribution is 9.10. The van der Waals surface area contributed by atoms with Crippen molar-refractivity contribution in [3.05, 3.63) is 62.6 Å². The normalized spacial score (nSPS) is 17.4. The summed E-state index contributed by atoms with van der Waals surface area (Å²) in [4.78, 5) is 23.5. The number of carbonyl (C=O) groups is 1. The molecular weight excluding hydrogens is 450 g/mol. The number of amides is 1. The van der Waals surface area contributed by atoms with Gasteiger partial charge in [-0.1, -0.05) is 22.0 Å². The van der Waals surface area contributed by atoms with E-state index < -0.39 is 26.9 Å². The lowest BCUT2D eigenvalue weighted by Crippen LogP contribution is -2.43. The fourth-order valence-electron chi connectivity index (χ4n) is 3.20. The zero-order chi connectivity index (χ0) is 20.5. The Bertz CT molecular complexity index is 1020. The Morgan fingerprint density at radius 3 is 2.57 bits per heavy atom. The van der Waals surface area contributed by atoms with Crippen LogP contribution in [0.2, 0.25) is 0 Å². The molecule has 148 valence electrons. The summed E-state index contributed by atoms with van der Waals surface area (Å²) in [5.74, 6) is -0.498. The summed E-state index contributed by atoms with van der Waals surface area (Å²) in [6, 6.07) is 9.75. The van der Waals surface area contributed by atoms with E-state index in [9.17, 15) is 23.3 Å². The predicted octanol–water partition coefficient (Wildman–Crippen LogP) is 3.46. The van der Waals surface area contributed by atoms with Gasteiger partial charge in [-0.05, 0) is 50.1 Å². The van der Waals surface area contributed by atoms with E-state index in [0.29, 0.717) is 24.1 Å². The molecule has 1 aliphatic heterocycles. The van der Waals surface area contributed by atoms with Crippen molar-refractivity contribution in [1.82, 2.24) is 4.31 Å². The predicted molar refractivity (Wildman–Crippen MR) is 108 cm³/mol. The maximum absolute atomic E-state index is 13.0. The van der Waals surface area contributed by atoms with E-state index in [4.69, 9.17) is 0 Å². The van der Waals surface area contributed by atoms with Gasteiger partial charge in [0.15, 0.2) is 0 Å². The van der Waals surface area contributed by atoms with E-state index in [1.807, 2.05) is 0 Å². The number of nitro groups is 1. The van der Waals surface area contributed by atoms with Crippen LogP contribution in [0.3, 0.4) is 0 Å². The summed E-state index contributed by atoms with van der Waals surface area (Å²) in [5.41, 5.74) is 0.511. The number of sulfonamides is 1. The minimum Gasteiger partial charge on any atom is -0.324 e. The topological polar surface area (TPSA) is 110 Å². The first-order chi connectivity index (χ1) is 13.2. The average Bonchev–Trinajstić information content (AvgIpc) is 3.14. The molecule has 28 heavy (non-hydrogen) atoms. The molecule has 0 saturated carbocycles. The van der Waals surface area contributed by atoms with Crippen LogP contribution in [0.5, 0.6) is 0 Å². The molecule has 1 saturated heterocycles. The number of hydrogen-bond donors (Lipinski definition) is 1. The Hall–Kier alpha value is -2.30. The number of benzene rings is 2. The van der Waals surface area contributed by atoms with Crippen molar-refractivity contribution in [2.24, 2.45) is 0 Å². The van der Waals surface area contributed by atoms with E-state index in [1.165, 1.54) is 28.6 Å². The van der Waals surface area contributed by atoms with Gasteiger partial charge in [0.2, 0.25) is 15.9 Å². The maximum atomic E-state index is 13.0. The molecule has 0 bridgehead atoms. The minimum absolute atomic E-state index is 0.108. The van der Waals surface area contributed by atoms with Crippen LogP contribution in [0.15, 0.2) is 51.8 Å². The SMILES string of the molecule is Cc1c(NC(=O)C2CCCN2S(=O)(=O)c2ccc(Br)cc2)cccc1[N+](=O)[O-]. The molecule has 1 N–H and O–H groups in total. The molecule has 1 unspecified atom stereocenters. The van der Waals surface area contributed by atoms with Gasteiger partial charge in [0, 0.05) is 17.1 Å². The Kier molecular flexibility index (Phi) is 5.82. The summed E-state index contributed by atoms with van der Waals surface area (Å²) in [5, 5.41) is 13.7. The molecule has 1 fully saturated rings. The third kappa shape index (κ3) is 3.94. The second kappa shape index (κ2) is 7.98. The quantitative estimate of drug-likeness (QED) is 0.534. The molecule has 1 amide bonds. The third-order valence-corrected chi connectivity index (χ3v) is 7.14. The molecule has 1 aliphatic rings. The van der Waals surface area contributed by atoms with Gasteiger partial charge in [-0.2, -0.15) is 4.31 Å². The highest BCUT2D eigenvalue weighted by Gasteiger charge is 2.39. The van der Waals surface area contributed by atoms with Gasteiger partial charge in [-0.25, -0.2) is 8.42 Å². The number of rotatable bonds is 5. The van der Waals surface area contributed by atoms with Crippen LogP contribution in [0.4, 0.5) is 11.4 Å². The molecule has 0 aliphatic carbocycles. The van der Waals surface area contributed by atoms with E-state index in [-0.39, 0.29) is 17.1 Å². The molecule has 0 aromatic heterocycles. The van der Waals surface area contributed by atoms with Gasteiger partial charge in [0.25, 0.3) is 5.69 Å². The van der Waals surface area contributed by atoms with E-state index in [0.717, 1.165) is 4.47 Å². The van der Waals surface area contributed by atoms with Crippen LogP contribution in [0.1, 0.15) is 18.4 Å². The highest BCUT2D eigenvalue weighted by Crippen LogP contribution is 2.29. The standard InChI is InChI=1S/C18H18BrN3O5S/c1-12-15(4-2-5-16(12)22(24)25)20-18(23)17-6-3-11-21(17)28(26,27)14-9-7-13(19)8-10-14/h2,4-5,7-10,17H,3,6,11H2,1H3,(H,20,23). The molecule has 2 aromatic rings. The molecule has 10 heteroatoms. The smallest absolute Gasteiger partial charge is 0.274 e. The van der Waals surface area contributed by atoms with Crippen LogP contribution < -0.4 is 5.32 Å². The number of nitrogens with one attached hydrogen (secondary N) is 1. The first-order valence-electron chi connectivity index (χ1n) is 8.54. The first kappa shape index (κ1) is 20.4. The van der Waals surface area contributed by atoms with Crippen molar-refractivity contribution < 1.29 is 18.1 Å². The van der Waals surface area contributed by atoms with Crippen molar-refractivity contribution in [3.63, 3.8) is 0 Å². The summed E-state index contributed by atoms with van der Waals surface area (Å²) in [6.07, 6.45) is 0.942. The summed E-state index contributed by atoms with van der Waals surface area (Å²) >= 11 is 3.27. The van der Waals surface area contributed by atoms with Gasteiger partial charge >= 0.3 is 0 Å². The molecular formula is C18H18BrN3O5S. The molecule has 8 nitrogen and oxygen atoms in total. The van der Waals surface area contributed by atoms with Crippen molar-refractivity contribution >= 4 is 43.2 Å².